The quantitative estimate of drug-likeness (QED) is 0.163. The number of carboxylic acid groups (broad SMARTS) is 1. The summed E-state index contributed by atoms with van der Waals surface area (Å²) in [6.07, 6.45) is -0.344. The van der Waals surface area contributed by atoms with Crippen molar-refractivity contribution in [3.8, 4) is 17.2 Å². The minimum atomic E-state index is -2.10. The molecule has 0 bridgehead atoms. The number of carbonyl (C=O) groups is 2. The number of fused-ring (bicyclic) bond motifs is 3. The van der Waals surface area contributed by atoms with Gasteiger partial charge in [0.25, 0.3) is 0 Å². The zero-order valence-corrected chi connectivity index (χ0v) is 28.8. The highest BCUT2D eigenvalue weighted by molar-refractivity contribution is 6.74. The molecule has 48 heavy (non-hydrogen) atoms. The van der Waals surface area contributed by atoms with Crippen molar-refractivity contribution in [1.82, 2.24) is 9.88 Å². The number of carbonyl (C=O) groups excluding carboxylic acids is 1. The summed E-state index contributed by atoms with van der Waals surface area (Å²) in [5.74, 6) is -4.44. The molecule has 1 aliphatic rings. The Kier molecular flexibility index (Phi) is 10.4. The van der Waals surface area contributed by atoms with Crippen molar-refractivity contribution in [2.75, 3.05) is 41.4 Å². The van der Waals surface area contributed by atoms with E-state index in [0.717, 1.165) is 46.3 Å². The van der Waals surface area contributed by atoms with Crippen LogP contribution in [0.1, 0.15) is 40.2 Å². The number of nitrogens with zero attached hydrogens (tertiary/aromatic N) is 5. The van der Waals surface area contributed by atoms with E-state index in [4.69, 9.17) is 4.43 Å². The van der Waals surface area contributed by atoms with Crippen molar-refractivity contribution < 1.29 is 36.7 Å². The summed E-state index contributed by atoms with van der Waals surface area (Å²) in [7, 11) is -2.10. The van der Waals surface area contributed by atoms with Gasteiger partial charge in [-0.15, -0.1) is 0 Å². The molecule has 0 fully saturated rings. The third kappa shape index (κ3) is 7.24. The molecular formula is C33H38F4N6O4Si. The lowest BCUT2D eigenvalue weighted by molar-refractivity contribution is 0.135. The maximum absolute atomic E-state index is 15.9. The molecule has 1 aliphatic heterocycles. The molecule has 0 spiro atoms. The highest BCUT2D eigenvalue weighted by Gasteiger charge is 2.40. The summed E-state index contributed by atoms with van der Waals surface area (Å²) in [4.78, 5) is 32.8. The van der Waals surface area contributed by atoms with Crippen molar-refractivity contribution in [2.45, 2.75) is 58.8 Å². The number of amides is 3. The van der Waals surface area contributed by atoms with Gasteiger partial charge in [0, 0.05) is 42.5 Å². The lowest BCUT2D eigenvalue weighted by Crippen LogP contribution is -2.45. The molecule has 2 aromatic carbocycles. The SMILES string of the molecule is CC(C)N1C(=O)N(c2c(F)cc(NCCN(CCO[Si](C)(C)C(C)(C)C)C(=O)O)cc2F)c2cc(C#N)cc(F)c2-c2cc(F)cnc21. The van der Waals surface area contributed by atoms with Gasteiger partial charge in [0.2, 0.25) is 0 Å². The number of benzene rings is 2. The second kappa shape index (κ2) is 13.8. The summed E-state index contributed by atoms with van der Waals surface area (Å²) < 4.78 is 68.1. The molecule has 4 rings (SSSR count). The Morgan fingerprint density at radius 1 is 1.08 bits per heavy atom. The molecule has 0 aliphatic carbocycles. The monoisotopic (exact) mass is 686 g/mol. The van der Waals surface area contributed by atoms with E-state index in [9.17, 15) is 24.3 Å². The highest BCUT2D eigenvalue weighted by Crippen LogP contribution is 2.47. The molecule has 0 saturated heterocycles. The van der Waals surface area contributed by atoms with Gasteiger partial charge in [-0.05, 0) is 62.3 Å². The summed E-state index contributed by atoms with van der Waals surface area (Å²) in [6, 6.07) is 4.83. The van der Waals surface area contributed by atoms with Crippen molar-refractivity contribution in [1.29, 1.82) is 5.26 Å². The fourth-order valence-corrected chi connectivity index (χ4v) is 6.07. The number of nitrogens with one attached hydrogen (secondary N) is 1. The Balaban J connectivity index is 1.66. The maximum atomic E-state index is 15.9. The number of nitriles is 1. The van der Waals surface area contributed by atoms with Crippen LogP contribution in [-0.4, -0.2) is 67.7 Å². The van der Waals surface area contributed by atoms with E-state index in [2.05, 4.69) is 44.2 Å². The Morgan fingerprint density at radius 3 is 2.29 bits per heavy atom. The van der Waals surface area contributed by atoms with Crippen LogP contribution in [0.25, 0.3) is 11.1 Å². The van der Waals surface area contributed by atoms with Crippen molar-refractivity contribution in [3.63, 3.8) is 0 Å². The number of pyridine rings is 1. The molecule has 0 unspecified atom stereocenters. The average molecular weight is 687 g/mol. The Morgan fingerprint density at radius 2 is 1.73 bits per heavy atom. The van der Waals surface area contributed by atoms with Crippen LogP contribution in [0.3, 0.4) is 0 Å². The fourth-order valence-electron chi connectivity index (χ4n) is 5.04. The first-order valence-corrected chi connectivity index (χ1v) is 18.2. The maximum Gasteiger partial charge on any atom is 0.407 e. The minimum Gasteiger partial charge on any atom is -0.465 e. The summed E-state index contributed by atoms with van der Waals surface area (Å²) >= 11 is 0. The van der Waals surface area contributed by atoms with Gasteiger partial charge in [-0.2, -0.15) is 5.26 Å². The first-order chi connectivity index (χ1) is 22.4. The predicted molar refractivity (Wildman–Crippen MR) is 177 cm³/mol. The third-order valence-electron chi connectivity index (χ3n) is 8.54. The smallest absolute Gasteiger partial charge is 0.407 e. The van der Waals surface area contributed by atoms with Crippen LogP contribution in [0.5, 0.6) is 0 Å². The fraction of sp³-hybridized carbons (Fsp3) is 0.394. The van der Waals surface area contributed by atoms with Crippen LogP contribution in [0.2, 0.25) is 18.1 Å². The first-order valence-electron chi connectivity index (χ1n) is 15.3. The van der Waals surface area contributed by atoms with E-state index in [1.165, 1.54) is 0 Å². The topological polar surface area (TPSA) is 122 Å². The third-order valence-corrected chi connectivity index (χ3v) is 13.1. The highest BCUT2D eigenvalue weighted by atomic mass is 28.4. The van der Waals surface area contributed by atoms with Gasteiger partial charge in [0.15, 0.2) is 20.0 Å². The number of anilines is 4. The molecule has 3 amide bonds. The lowest BCUT2D eigenvalue weighted by atomic mass is 10.00. The largest absolute Gasteiger partial charge is 0.465 e. The van der Waals surface area contributed by atoms with E-state index < -0.39 is 55.4 Å². The molecule has 256 valence electrons. The summed E-state index contributed by atoms with van der Waals surface area (Å²) in [5.41, 5.74) is -2.07. The molecular weight excluding hydrogens is 648 g/mol. The first kappa shape index (κ1) is 36.2. The molecule has 2 N–H and O–H groups in total. The second-order valence-corrected chi connectivity index (χ2v) is 18.0. The van der Waals surface area contributed by atoms with Gasteiger partial charge in [-0.3, -0.25) is 9.80 Å². The van der Waals surface area contributed by atoms with Crippen LogP contribution in [0, 0.1) is 34.6 Å². The van der Waals surface area contributed by atoms with Gasteiger partial charge in [0.1, 0.15) is 23.1 Å². The second-order valence-electron chi connectivity index (χ2n) is 13.2. The minimum absolute atomic E-state index is 0.0134. The Hall–Kier alpha value is -4.68. The summed E-state index contributed by atoms with van der Waals surface area (Å²) in [6.45, 7) is 13.8. The van der Waals surface area contributed by atoms with Gasteiger partial charge in [-0.25, -0.2) is 32.1 Å². The molecule has 2 heterocycles. The zero-order valence-electron chi connectivity index (χ0n) is 27.8. The van der Waals surface area contributed by atoms with E-state index in [0.29, 0.717) is 4.90 Å². The number of hydrogen-bond donors (Lipinski definition) is 2. The molecule has 1 aromatic heterocycles. The number of halogens is 4. The molecule has 15 heteroatoms. The van der Waals surface area contributed by atoms with Crippen molar-refractivity contribution in [3.05, 3.63) is 65.4 Å². The van der Waals surface area contributed by atoms with E-state index >= 15 is 13.2 Å². The number of rotatable bonds is 10. The molecule has 3 aromatic rings. The Bertz CT molecular complexity index is 1750. The van der Waals surface area contributed by atoms with Gasteiger partial charge >= 0.3 is 12.1 Å². The van der Waals surface area contributed by atoms with Gasteiger partial charge in [0.05, 0.1) is 30.1 Å². The molecule has 0 saturated carbocycles. The molecule has 10 nitrogen and oxygen atoms in total. The number of urea groups is 1. The standard InChI is InChI=1S/C33H38F4N6O4Si/c1-19(2)42-30-23(14-21(34)18-40-30)28-24(35)12-20(17-38)13-27(28)43(31(42)44)29-25(36)15-22(16-26(29)37)39-8-9-41(32(45)46)10-11-47-48(6,7)33(3,4)5/h12-16,18-19,39H,8-11H2,1-7H3,(H,45,46). The lowest BCUT2D eigenvalue weighted by Gasteiger charge is -2.36. The van der Waals surface area contributed by atoms with E-state index in [1.54, 1.807) is 19.9 Å². The zero-order chi connectivity index (χ0) is 35.7. The number of aromatic nitrogens is 1. The van der Waals surface area contributed by atoms with Crippen molar-refractivity contribution in [2.24, 2.45) is 0 Å². The van der Waals surface area contributed by atoms with Gasteiger partial charge < -0.3 is 19.7 Å². The normalized spacial score (nSPS) is 13.2. The molecule has 0 radical (unpaired) electrons. The van der Waals surface area contributed by atoms with E-state index in [-0.39, 0.29) is 65.2 Å². The average Bonchev–Trinajstić information content (AvgIpc) is 3.07. The Labute approximate surface area is 277 Å². The predicted octanol–water partition coefficient (Wildman–Crippen LogP) is 8.08. The van der Waals surface area contributed by atoms with Crippen LogP contribution >= 0.6 is 0 Å². The van der Waals surface area contributed by atoms with Crippen LogP contribution in [-0.2, 0) is 4.43 Å². The van der Waals surface area contributed by atoms with Crippen molar-refractivity contribution >= 4 is 43.3 Å². The van der Waals surface area contributed by atoms with Crippen LogP contribution in [0.15, 0.2) is 36.5 Å². The van der Waals surface area contributed by atoms with Crippen LogP contribution in [0.4, 0.5) is 50.0 Å². The van der Waals surface area contributed by atoms with Gasteiger partial charge in [-0.1, -0.05) is 20.8 Å². The van der Waals surface area contributed by atoms with Crippen LogP contribution < -0.4 is 15.1 Å². The number of hydrogen-bond acceptors (Lipinski definition) is 6. The summed E-state index contributed by atoms with van der Waals surface area (Å²) in [5, 5.41) is 22.0. The van der Waals surface area contributed by atoms with E-state index in [1.807, 2.05) is 0 Å². The molecule has 0 atom stereocenters.